The highest BCUT2D eigenvalue weighted by molar-refractivity contribution is 5.95. The number of hydrogen-bond acceptors (Lipinski definition) is 5. The Morgan fingerprint density at radius 1 is 1.29 bits per heavy atom. The van der Waals surface area contributed by atoms with Crippen molar-refractivity contribution in [3.05, 3.63) is 64.7 Å². The third-order valence-corrected chi connectivity index (χ3v) is 5.39. The minimum atomic E-state index is -0.531. The summed E-state index contributed by atoms with van der Waals surface area (Å²) in [5.41, 5.74) is 3.97. The van der Waals surface area contributed by atoms with E-state index in [0.29, 0.717) is 48.8 Å². The van der Waals surface area contributed by atoms with Gasteiger partial charge < -0.3 is 19.4 Å². The monoisotopic (exact) mass is 423 g/mol. The average Bonchev–Trinajstić information content (AvgIpc) is 2.98. The van der Waals surface area contributed by atoms with E-state index < -0.39 is 6.67 Å². The number of pyridine rings is 1. The highest BCUT2D eigenvalue weighted by Crippen LogP contribution is 2.27. The molecule has 0 aromatic carbocycles. The molecule has 1 amide bonds. The molecule has 0 saturated carbocycles. The second-order valence-electron chi connectivity index (χ2n) is 7.43. The SMILES string of the molecule is C=C(c1cnc(C(=O)N2CCCOCC2)cc1NCCF)c1coc2c1=CCC=CC=2. The van der Waals surface area contributed by atoms with Crippen LogP contribution in [0.1, 0.15) is 34.5 Å². The van der Waals surface area contributed by atoms with Crippen LogP contribution in [0.4, 0.5) is 10.1 Å². The lowest BCUT2D eigenvalue weighted by Crippen LogP contribution is -2.33. The van der Waals surface area contributed by atoms with Crippen molar-refractivity contribution in [2.24, 2.45) is 0 Å². The number of alkyl halides is 1. The first-order valence-corrected chi connectivity index (χ1v) is 10.5. The van der Waals surface area contributed by atoms with Crippen LogP contribution in [0.2, 0.25) is 0 Å². The van der Waals surface area contributed by atoms with Gasteiger partial charge in [-0.15, -0.1) is 0 Å². The summed E-state index contributed by atoms with van der Waals surface area (Å²) in [4.78, 5) is 19.1. The van der Waals surface area contributed by atoms with Gasteiger partial charge in [0.25, 0.3) is 5.91 Å². The molecule has 7 heteroatoms. The molecule has 0 atom stereocenters. The molecule has 2 aliphatic rings. The molecule has 0 radical (unpaired) electrons. The number of furan rings is 1. The molecule has 31 heavy (non-hydrogen) atoms. The number of carbonyl (C=O) groups excluding carboxylic acids is 1. The first-order chi connectivity index (χ1) is 15.2. The molecular weight excluding hydrogens is 397 g/mol. The molecule has 2 aromatic heterocycles. The molecule has 3 heterocycles. The van der Waals surface area contributed by atoms with Gasteiger partial charge >= 0.3 is 0 Å². The predicted molar refractivity (Wildman–Crippen MR) is 119 cm³/mol. The summed E-state index contributed by atoms with van der Waals surface area (Å²) >= 11 is 0. The quantitative estimate of drug-likeness (QED) is 0.773. The summed E-state index contributed by atoms with van der Waals surface area (Å²) < 4.78 is 24.1. The zero-order chi connectivity index (χ0) is 21.6. The molecule has 0 spiro atoms. The van der Waals surface area contributed by atoms with Crippen molar-refractivity contribution in [1.29, 1.82) is 0 Å². The lowest BCUT2D eigenvalue weighted by Gasteiger charge is -2.20. The number of aromatic nitrogens is 1. The summed E-state index contributed by atoms with van der Waals surface area (Å²) in [6.07, 6.45) is 12.9. The van der Waals surface area contributed by atoms with Crippen LogP contribution in [0.5, 0.6) is 0 Å². The molecule has 6 nitrogen and oxygen atoms in total. The highest BCUT2D eigenvalue weighted by Gasteiger charge is 2.21. The Kier molecular flexibility index (Phi) is 6.62. The van der Waals surface area contributed by atoms with E-state index in [1.807, 2.05) is 18.2 Å². The van der Waals surface area contributed by atoms with Gasteiger partial charge in [0, 0.05) is 54.5 Å². The Balaban J connectivity index is 1.68. The smallest absolute Gasteiger partial charge is 0.272 e. The second-order valence-corrected chi connectivity index (χ2v) is 7.43. The van der Waals surface area contributed by atoms with Crippen LogP contribution in [0.3, 0.4) is 0 Å². The molecule has 1 aliphatic heterocycles. The zero-order valence-corrected chi connectivity index (χ0v) is 17.4. The van der Waals surface area contributed by atoms with Gasteiger partial charge in [-0.25, -0.2) is 4.39 Å². The van der Waals surface area contributed by atoms with Crippen molar-refractivity contribution in [3.63, 3.8) is 0 Å². The molecular formula is C24H26FN3O3. The molecule has 4 rings (SSSR count). The van der Waals surface area contributed by atoms with Gasteiger partial charge in [-0.1, -0.05) is 24.8 Å². The number of rotatable bonds is 6. The van der Waals surface area contributed by atoms with Gasteiger partial charge in [0.15, 0.2) is 0 Å². The Morgan fingerprint density at radius 3 is 3.06 bits per heavy atom. The molecule has 162 valence electrons. The first-order valence-electron chi connectivity index (χ1n) is 10.5. The minimum Gasteiger partial charge on any atom is -0.464 e. The van der Waals surface area contributed by atoms with Gasteiger partial charge in [-0.2, -0.15) is 0 Å². The molecule has 0 bridgehead atoms. The van der Waals surface area contributed by atoms with E-state index in [4.69, 9.17) is 9.15 Å². The maximum absolute atomic E-state index is 13.0. The molecule has 0 unspecified atom stereocenters. The first kappa shape index (κ1) is 21.1. The zero-order valence-electron chi connectivity index (χ0n) is 17.4. The van der Waals surface area contributed by atoms with E-state index >= 15 is 0 Å². The van der Waals surface area contributed by atoms with Gasteiger partial charge in [0.05, 0.1) is 12.9 Å². The molecule has 1 saturated heterocycles. The molecule has 1 aliphatic carbocycles. The predicted octanol–water partition coefficient (Wildman–Crippen LogP) is 2.50. The fraction of sp³-hybridized carbons (Fsp3) is 0.333. The van der Waals surface area contributed by atoms with Crippen molar-refractivity contribution >= 4 is 29.3 Å². The van der Waals surface area contributed by atoms with Crippen LogP contribution in [-0.2, 0) is 4.74 Å². The third-order valence-electron chi connectivity index (χ3n) is 5.39. The average molecular weight is 423 g/mol. The number of hydrogen-bond donors (Lipinski definition) is 1. The Bertz CT molecular complexity index is 1110. The van der Waals surface area contributed by atoms with Gasteiger partial charge in [-0.3, -0.25) is 9.78 Å². The van der Waals surface area contributed by atoms with Crippen LogP contribution in [-0.4, -0.2) is 55.3 Å². The Morgan fingerprint density at radius 2 is 2.19 bits per heavy atom. The van der Waals surface area contributed by atoms with Crippen LogP contribution in [0.15, 0.2) is 41.7 Å². The van der Waals surface area contributed by atoms with E-state index in [0.717, 1.165) is 29.0 Å². The van der Waals surface area contributed by atoms with Crippen molar-refractivity contribution in [3.8, 4) is 0 Å². The fourth-order valence-electron chi connectivity index (χ4n) is 3.77. The van der Waals surface area contributed by atoms with Crippen LogP contribution < -0.4 is 16.0 Å². The summed E-state index contributed by atoms with van der Waals surface area (Å²) in [6.45, 7) is 6.17. The van der Waals surface area contributed by atoms with Crippen molar-refractivity contribution in [2.45, 2.75) is 12.8 Å². The number of carbonyl (C=O) groups is 1. The summed E-state index contributed by atoms with van der Waals surface area (Å²) in [5.74, 6) is -0.155. The largest absolute Gasteiger partial charge is 0.464 e. The lowest BCUT2D eigenvalue weighted by atomic mass is 9.99. The number of nitrogens with zero attached hydrogens (tertiary/aromatic N) is 2. The number of allylic oxidation sites excluding steroid dienone is 2. The van der Waals surface area contributed by atoms with Crippen molar-refractivity contribution < 1.29 is 18.3 Å². The Labute approximate surface area is 180 Å². The third kappa shape index (κ3) is 4.61. The Hall–Kier alpha value is -3.19. The number of halogens is 1. The maximum Gasteiger partial charge on any atom is 0.272 e. The molecule has 1 fully saturated rings. The maximum atomic E-state index is 13.0. The standard InChI is InChI=1S/C24H26FN3O3/c1-17(20-16-31-23-7-4-2-3-6-18(20)23)19-15-27-22(14-21(19)26-9-8-25)24(29)28-10-5-12-30-13-11-28/h2,4,6-7,14-16H,1,3,5,8-13H2,(H,26,27). The van der Waals surface area contributed by atoms with Crippen molar-refractivity contribution in [2.75, 3.05) is 44.8 Å². The topological polar surface area (TPSA) is 67.6 Å². The van der Waals surface area contributed by atoms with E-state index in [1.165, 1.54) is 0 Å². The van der Waals surface area contributed by atoms with Gasteiger partial charge in [-0.05, 0) is 30.6 Å². The highest BCUT2D eigenvalue weighted by atomic mass is 19.1. The van der Waals surface area contributed by atoms with Crippen molar-refractivity contribution in [1.82, 2.24) is 9.88 Å². The molecule has 2 aromatic rings. The van der Waals surface area contributed by atoms with Crippen LogP contribution in [0, 0.1) is 0 Å². The normalized spacial score (nSPS) is 15.8. The summed E-state index contributed by atoms with van der Waals surface area (Å²) in [6, 6.07) is 1.68. The van der Waals surface area contributed by atoms with Crippen LogP contribution in [0.25, 0.3) is 17.7 Å². The van der Waals surface area contributed by atoms with E-state index in [9.17, 15) is 9.18 Å². The second kappa shape index (κ2) is 9.75. The fourth-order valence-corrected chi connectivity index (χ4v) is 3.77. The van der Waals surface area contributed by atoms with E-state index in [2.05, 4.69) is 23.0 Å². The minimum absolute atomic E-state index is 0.128. The number of amides is 1. The number of ether oxygens (including phenoxy) is 1. The van der Waals surface area contributed by atoms with Gasteiger partial charge in [0.2, 0.25) is 0 Å². The van der Waals surface area contributed by atoms with E-state index in [1.54, 1.807) is 23.4 Å². The number of anilines is 1. The lowest BCUT2D eigenvalue weighted by molar-refractivity contribution is 0.0735. The summed E-state index contributed by atoms with van der Waals surface area (Å²) in [7, 11) is 0. The van der Waals surface area contributed by atoms with Gasteiger partial charge in [0.1, 0.15) is 17.8 Å². The van der Waals surface area contributed by atoms with E-state index in [-0.39, 0.29) is 12.5 Å². The number of nitrogens with one attached hydrogen (secondary N) is 1. The molecule has 1 N–H and O–H groups in total. The number of fused-ring (bicyclic) bond motifs is 1. The van der Waals surface area contributed by atoms with Crippen LogP contribution >= 0.6 is 0 Å². The summed E-state index contributed by atoms with van der Waals surface area (Å²) in [5, 5.41) is 4.05.